The molecule has 2 heteroatoms. The van der Waals surface area contributed by atoms with Crippen LogP contribution < -0.4 is 0 Å². The van der Waals surface area contributed by atoms with Gasteiger partial charge >= 0.3 is 0 Å². The van der Waals surface area contributed by atoms with Crippen LogP contribution in [0.3, 0.4) is 0 Å². The van der Waals surface area contributed by atoms with Crippen molar-refractivity contribution in [3.8, 4) is 11.3 Å². The maximum atomic E-state index is 6.15. The highest BCUT2D eigenvalue weighted by molar-refractivity contribution is 6.33. The van der Waals surface area contributed by atoms with Gasteiger partial charge in [0.1, 0.15) is 0 Å². The zero-order valence-electron chi connectivity index (χ0n) is 7.94. The molecule has 0 saturated heterocycles. The Bertz CT molecular complexity index is 604. The monoisotopic (exact) mass is 213 g/mol. The third-order valence-electron chi connectivity index (χ3n) is 2.52. The molecule has 0 fully saturated rings. The fourth-order valence-electron chi connectivity index (χ4n) is 1.83. The number of nitrogens with zero attached hydrogens (tertiary/aromatic N) is 1. The number of hydrogen-bond acceptors (Lipinski definition) is 1. The third kappa shape index (κ3) is 1.28. The minimum atomic E-state index is 0.700. The van der Waals surface area contributed by atoms with Crippen LogP contribution in [-0.4, -0.2) is 4.98 Å². The van der Waals surface area contributed by atoms with Crippen LogP contribution in [0.25, 0.3) is 22.2 Å². The van der Waals surface area contributed by atoms with Gasteiger partial charge in [-0.3, -0.25) is 0 Å². The number of rotatable bonds is 0. The number of aromatic nitrogens is 1. The highest BCUT2D eigenvalue weighted by Gasteiger charge is 2.12. The minimum absolute atomic E-state index is 0.700. The van der Waals surface area contributed by atoms with E-state index in [4.69, 9.17) is 11.6 Å². The summed E-state index contributed by atoms with van der Waals surface area (Å²) in [6.07, 6.45) is 0. The standard InChI is InChI=1S/C13H8ClN/c14-11-7-3-1-6-10-9-5-2-4-8-12(9)15-13(10)11/h1-8H. The maximum absolute atomic E-state index is 6.15. The smallest absolute Gasteiger partial charge is 0.0902 e. The molecule has 1 aliphatic heterocycles. The quantitative estimate of drug-likeness (QED) is 0.550. The first-order valence-electron chi connectivity index (χ1n) is 4.79. The van der Waals surface area contributed by atoms with E-state index in [-0.39, 0.29) is 0 Å². The Morgan fingerprint density at radius 2 is 1.60 bits per heavy atom. The molecule has 0 amide bonds. The molecular formula is C13H8ClN. The zero-order valence-corrected chi connectivity index (χ0v) is 8.70. The number of benzene rings is 1. The fourth-order valence-corrected chi connectivity index (χ4v) is 2.05. The summed E-state index contributed by atoms with van der Waals surface area (Å²) in [5.74, 6) is 0. The van der Waals surface area contributed by atoms with Crippen molar-refractivity contribution >= 4 is 22.5 Å². The summed E-state index contributed by atoms with van der Waals surface area (Å²) in [7, 11) is 0. The predicted octanol–water partition coefficient (Wildman–Crippen LogP) is 3.99. The Balaban J connectivity index is 2.53. The summed E-state index contributed by atoms with van der Waals surface area (Å²) in [6, 6.07) is 15.9. The fraction of sp³-hybridized carbons (Fsp3) is 0. The van der Waals surface area contributed by atoms with Gasteiger partial charge in [0.2, 0.25) is 0 Å². The predicted molar refractivity (Wildman–Crippen MR) is 63.4 cm³/mol. The lowest BCUT2D eigenvalue weighted by molar-refractivity contribution is 1.47. The molecule has 3 rings (SSSR count). The molecule has 1 aromatic carbocycles. The molecular weight excluding hydrogens is 206 g/mol. The lowest BCUT2D eigenvalue weighted by Crippen LogP contribution is -1.70. The van der Waals surface area contributed by atoms with Crippen molar-refractivity contribution in [2.75, 3.05) is 0 Å². The normalized spacial score (nSPS) is 11.0. The molecule has 0 atom stereocenters. The molecule has 2 aliphatic rings. The van der Waals surface area contributed by atoms with Crippen LogP contribution in [0.1, 0.15) is 0 Å². The highest BCUT2D eigenvalue weighted by atomic mass is 35.5. The Labute approximate surface area is 92.7 Å². The van der Waals surface area contributed by atoms with Crippen LogP contribution in [0.15, 0.2) is 48.5 Å². The van der Waals surface area contributed by atoms with E-state index in [0.717, 1.165) is 22.2 Å². The topological polar surface area (TPSA) is 12.9 Å². The van der Waals surface area contributed by atoms with Crippen molar-refractivity contribution in [2.45, 2.75) is 0 Å². The number of hydrogen-bond donors (Lipinski definition) is 0. The van der Waals surface area contributed by atoms with E-state index in [1.165, 1.54) is 0 Å². The van der Waals surface area contributed by atoms with Crippen LogP contribution in [0, 0.1) is 0 Å². The van der Waals surface area contributed by atoms with Gasteiger partial charge in [0.05, 0.1) is 16.2 Å². The van der Waals surface area contributed by atoms with Crippen molar-refractivity contribution in [1.29, 1.82) is 0 Å². The molecule has 1 nitrogen and oxygen atoms in total. The number of halogens is 1. The third-order valence-corrected chi connectivity index (χ3v) is 2.83. The van der Waals surface area contributed by atoms with Gasteiger partial charge < -0.3 is 0 Å². The van der Waals surface area contributed by atoms with Crippen molar-refractivity contribution < 1.29 is 0 Å². The lowest BCUT2D eigenvalue weighted by Gasteiger charge is -1.92. The van der Waals surface area contributed by atoms with E-state index >= 15 is 0 Å². The van der Waals surface area contributed by atoms with Gasteiger partial charge in [-0.05, 0) is 12.1 Å². The average Bonchev–Trinajstić information content (AvgIpc) is 2.54. The van der Waals surface area contributed by atoms with E-state index in [0.29, 0.717) is 5.02 Å². The van der Waals surface area contributed by atoms with Gasteiger partial charge in [0, 0.05) is 10.9 Å². The van der Waals surface area contributed by atoms with E-state index < -0.39 is 0 Å². The lowest BCUT2D eigenvalue weighted by atomic mass is 10.1. The summed E-state index contributed by atoms with van der Waals surface area (Å²) in [5, 5.41) is 1.86. The van der Waals surface area contributed by atoms with Gasteiger partial charge in [-0.15, -0.1) is 0 Å². The van der Waals surface area contributed by atoms with Crippen LogP contribution in [0.4, 0.5) is 0 Å². The maximum Gasteiger partial charge on any atom is 0.0902 e. The SMILES string of the molecule is Clc1ccccc2c3ccccc3nc1-2. The molecule has 1 aromatic rings. The summed E-state index contributed by atoms with van der Waals surface area (Å²) in [5.41, 5.74) is 2.99. The second kappa shape index (κ2) is 3.21. The molecule has 1 heterocycles. The highest BCUT2D eigenvalue weighted by Crippen LogP contribution is 2.34. The van der Waals surface area contributed by atoms with Crippen molar-refractivity contribution in [3.05, 3.63) is 53.6 Å². The van der Waals surface area contributed by atoms with E-state index in [2.05, 4.69) is 17.1 Å². The molecule has 0 saturated carbocycles. The first-order chi connectivity index (χ1) is 7.36. The first-order valence-corrected chi connectivity index (χ1v) is 5.17. The van der Waals surface area contributed by atoms with Crippen molar-refractivity contribution in [1.82, 2.24) is 4.98 Å². The second-order valence-corrected chi connectivity index (χ2v) is 3.86. The Kier molecular flexibility index (Phi) is 1.86. The first kappa shape index (κ1) is 8.69. The molecule has 1 aliphatic carbocycles. The summed E-state index contributed by atoms with van der Waals surface area (Å²) in [4.78, 5) is 4.52. The number of fused-ring (bicyclic) bond motifs is 3. The van der Waals surface area contributed by atoms with E-state index in [1.807, 2.05) is 36.4 Å². The van der Waals surface area contributed by atoms with E-state index in [1.54, 1.807) is 0 Å². The Hall–Kier alpha value is -1.60. The molecule has 15 heavy (non-hydrogen) atoms. The Morgan fingerprint density at radius 1 is 0.867 bits per heavy atom. The Morgan fingerprint density at radius 3 is 2.53 bits per heavy atom. The van der Waals surface area contributed by atoms with E-state index in [9.17, 15) is 0 Å². The summed E-state index contributed by atoms with van der Waals surface area (Å²) >= 11 is 6.15. The zero-order chi connectivity index (χ0) is 10.3. The molecule has 0 N–H and O–H groups in total. The van der Waals surface area contributed by atoms with Crippen molar-refractivity contribution in [3.63, 3.8) is 0 Å². The van der Waals surface area contributed by atoms with Crippen LogP contribution in [-0.2, 0) is 0 Å². The van der Waals surface area contributed by atoms with Gasteiger partial charge in [-0.1, -0.05) is 48.0 Å². The van der Waals surface area contributed by atoms with Crippen LogP contribution in [0.2, 0.25) is 5.02 Å². The number of para-hydroxylation sites is 1. The molecule has 0 spiro atoms. The molecule has 0 unspecified atom stereocenters. The van der Waals surface area contributed by atoms with Crippen LogP contribution in [0.5, 0.6) is 0 Å². The van der Waals surface area contributed by atoms with Crippen LogP contribution >= 0.6 is 11.6 Å². The largest absolute Gasteiger partial charge is 0.246 e. The summed E-state index contributed by atoms with van der Waals surface area (Å²) < 4.78 is 0. The molecule has 0 aromatic heterocycles. The summed E-state index contributed by atoms with van der Waals surface area (Å²) in [6.45, 7) is 0. The molecule has 72 valence electrons. The average molecular weight is 214 g/mol. The van der Waals surface area contributed by atoms with Gasteiger partial charge in [-0.25, -0.2) is 4.98 Å². The minimum Gasteiger partial charge on any atom is -0.246 e. The van der Waals surface area contributed by atoms with Gasteiger partial charge in [0.15, 0.2) is 0 Å². The van der Waals surface area contributed by atoms with Gasteiger partial charge in [-0.2, -0.15) is 0 Å². The molecule has 0 bridgehead atoms. The second-order valence-electron chi connectivity index (χ2n) is 3.46. The molecule has 0 radical (unpaired) electrons. The van der Waals surface area contributed by atoms with Gasteiger partial charge in [0.25, 0.3) is 0 Å². The van der Waals surface area contributed by atoms with Crippen molar-refractivity contribution in [2.24, 2.45) is 0 Å².